The van der Waals surface area contributed by atoms with Gasteiger partial charge in [0.1, 0.15) is 0 Å². The molecule has 5 heavy (non-hydrogen) atoms. The van der Waals surface area contributed by atoms with Crippen molar-refractivity contribution in [1.29, 1.82) is 0 Å². The van der Waals surface area contributed by atoms with E-state index in [4.69, 9.17) is 0 Å². The molecule has 0 N–H and O–H groups in total. The summed E-state index contributed by atoms with van der Waals surface area (Å²) < 4.78 is 1.31. The molecule has 32 valence electrons. The van der Waals surface area contributed by atoms with Crippen LogP contribution in [0.4, 0.5) is 0 Å². The molecule has 0 bridgehead atoms. The SMILES string of the molecule is [CH3][GeH]([CH3])[CH2]Br. The first kappa shape index (κ1) is 6.02. The fraction of sp³-hybridized carbons (Fsp3) is 1.00. The summed E-state index contributed by atoms with van der Waals surface area (Å²) >= 11 is 2.80. The zero-order valence-corrected chi connectivity index (χ0v) is 7.67. The number of hydrogen-bond donors (Lipinski definition) is 0. The average molecular weight is 198 g/mol. The molecule has 0 amide bonds. The zero-order valence-electron chi connectivity index (χ0n) is 3.66. The van der Waals surface area contributed by atoms with Gasteiger partial charge in [0.15, 0.2) is 0 Å². The molecule has 0 spiro atoms. The van der Waals surface area contributed by atoms with E-state index in [1.807, 2.05) is 0 Å². The normalized spacial score (nSPS) is 9.60. The van der Waals surface area contributed by atoms with E-state index in [1.165, 1.54) is 4.16 Å². The molecule has 0 radical (unpaired) electrons. The van der Waals surface area contributed by atoms with Crippen molar-refractivity contribution in [3.63, 3.8) is 0 Å². The van der Waals surface area contributed by atoms with Crippen molar-refractivity contribution >= 4 is 30.3 Å². The Labute approximate surface area is 46.2 Å². The summed E-state index contributed by atoms with van der Waals surface area (Å²) in [5, 5.41) is 0. The van der Waals surface area contributed by atoms with Gasteiger partial charge in [0.25, 0.3) is 0 Å². The van der Waals surface area contributed by atoms with E-state index in [9.17, 15) is 0 Å². The van der Waals surface area contributed by atoms with Crippen molar-refractivity contribution in [3.05, 3.63) is 0 Å². The Morgan fingerprint density at radius 1 is 1.60 bits per heavy atom. The third kappa shape index (κ3) is 5.02. The van der Waals surface area contributed by atoms with Gasteiger partial charge in [0.05, 0.1) is 0 Å². The molecule has 0 aliphatic carbocycles. The topological polar surface area (TPSA) is 0 Å². The van der Waals surface area contributed by atoms with Gasteiger partial charge in [0.2, 0.25) is 0 Å². The standard InChI is InChI=1S/C3H9BrGe/c1-5(2)3-4/h5H,3H2,1-2H3. The minimum atomic E-state index is -0.595. The number of rotatable bonds is 1. The van der Waals surface area contributed by atoms with Crippen LogP contribution in [0.25, 0.3) is 0 Å². The van der Waals surface area contributed by atoms with Crippen LogP contribution >= 0.6 is 15.9 Å². The average Bonchev–Trinajstić information content (AvgIpc) is 1.38. The third-order valence-corrected chi connectivity index (χ3v) is 8.33. The first-order chi connectivity index (χ1) is 2.27. The van der Waals surface area contributed by atoms with Crippen LogP contribution in [0.2, 0.25) is 11.5 Å². The van der Waals surface area contributed by atoms with E-state index in [-0.39, 0.29) is 0 Å². The van der Waals surface area contributed by atoms with Gasteiger partial charge in [-0.3, -0.25) is 0 Å². The Morgan fingerprint density at radius 3 is 1.80 bits per heavy atom. The second-order valence-electron chi connectivity index (χ2n) is 1.55. The maximum atomic E-state index is 3.40. The molecule has 0 aromatic heterocycles. The molecular formula is C3H9BrGe. The first-order valence-corrected chi connectivity index (χ1v) is 9.51. The second-order valence-corrected chi connectivity index (χ2v) is 11.4. The zero-order chi connectivity index (χ0) is 4.28. The Kier molecular flexibility index (Phi) is 3.88. The third-order valence-electron chi connectivity index (χ3n) is 0.309. The van der Waals surface area contributed by atoms with E-state index in [0.717, 1.165) is 0 Å². The summed E-state index contributed by atoms with van der Waals surface area (Å²) in [4.78, 5) is 0. The van der Waals surface area contributed by atoms with Crippen LogP contribution < -0.4 is 0 Å². The number of hydrogen-bond acceptors (Lipinski definition) is 0. The van der Waals surface area contributed by atoms with E-state index in [0.29, 0.717) is 0 Å². The molecule has 2 heteroatoms. The van der Waals surface area contributed by atoms with Crippen molar-refractivity contribution in [2.45, 2.75) is 11.5 Å². The molecule has 0 aromatic carbocycles. The van der Waals surface area contributed by atoms with Crippen molar-refractivity contribution in [3.8, 4) is 0 Å². The molecule has 0 fully saturated rings. The van der Waals surface area contributed by atoms with Crippen LogP contribution in [-0.2, 0) is 0 Å². The van der Waals surface area contributed by atoms with E-state index in [1.54, 1.807) is 0 Å². The Balaban J connectivity index is 2.54. The van der Waals surface area contributed by atoms with E-state index >= 15 is 0 Å². The maximum absolute atomic E-state index is 3.40. The van der Waals surface area contributed by atoms with Gasteiger partial charge in [-0.15, -0.1) is 0 Å². The van der Waals surface area contributed by atoms with Crippen LogP contribution in [0, 0.1) is 0 Å². The molecule has 0 aliphatic heterocycles. The fourth-order valence-electron chi connectivity index (χ4n) is 0. The molecule has 0 rings (SSSR count). The number of alkyl halides is 1. The molecule has 0 unspecified atom stereocenters. The van der Waals surface area contributed by atoms with Gasteiger partial charge >= 0.3 is 46.0 Å². The summed E-state index contributed by atoms with van der Waals surface area (Å²) in [6.07, 6.45) is 0. The Morgan fingerprint density at radius 2 is 1.80 bits per heavy atom. The van der Waals surface area contributed by atoms with Gasteiger partial charge in [-0.25, -0.2) is 0 Å². The van der Waals surface area contributed by atoms with Crippen molar-refractivity contribution in [2.24, 2.45) is 0 Å². The Bertz CT molecular complexity index is 20.9. The fourth-order valence-corrected chi connectivity index (χ4v) is 0. The molecular weight excluding hydrogens is 189 g/mol. The molecule has 0 aromatic rings. The van der Waals surface area contributed by atoms with Crippen LogP contribution in [0.5, 0.6) is 0 Å². The van der Waals surface area contributed by atoms with Crippen LogP contribution in [0.15, 0.2) is 0 Å². The molecule has 0 saturated carbocycles. The van der Waals surface area contributed by atoms with Crippen molar-refractivity contribution in [2.75, 3.05) is 4.16 Å². The van der Waals surface area contributed by atoms with Crippen molar-refractivity contribution < 1.29 is 0 Å². The molecule has 0 heterocycles. The van der Waals surface area contributed by atoms with Crippen LogP contribution in [0.1, 0.15) is 0 Å². The van der Waals surface area contributed by atoms with Crippen molar-refractivity contribution in [1.82, 2.24) is 0 Å². The minimum absolute atomic E-state index is 0.595. The van der Waals surface area contributed by atoms with Crippen LogP contribution in [-0.4, -0.2) is 18.5 Å². The number of halogens is 1. The summed E-state index contributed by atoms with van der Waals surface area (Å²) in [6, 6.07) is 0. The molecule has 0 nitrogen and oxygen atoms in total. The van der Waals surface area contributed by atoms with Gasteiger partial charge in [0, 0.05) is 0 Å². The van der Waals surface area contributed by atoms with Crippen LogP contribution in [0.3, 0.4) is 0 Å². The predicted octanol–water partition coefficient (Wildman–Crippen LogP) is 1.41. The van der Waals surface area contributed by atoms with Gasteiger partial charge in [-0.05, 0) is 0 Å². The molecule has 0 saturated heterocycles. The quantitative estimate of drug-likeness (QED) is 0.441. The molecule has 0 aliphatic rings. The monoisotopic (exact) mass is 198 g/mol. The first-order valence-electron chi connectivity index (χ1n) is 1.83. The van der Waals surface area contributed by atoms with Gasteiger partial charge in [-0.1, -0.05) is 0 Å². The summed E-state index contributed by atoms with van der Waals surface area (Å²) in [7, 11) is 0. The van der Waals surface area contributed by atoms with E-state index < -0.39 is 14.3 Å². The van der Waals surface area contributed by atoms with E-state index in [2.05, 4.69) is 27.4 Å². The summed E-state index contributed by atoms with van der Waals surface area (Å²) in [5.41, 5.74) is 0. The van der Waals surface area contributed by atoms with Gasteiger partial charge in [-0.2, -0.15) is 0 Å². The second kappa shape index (κ2) is 3.22. The molecule has 0 atom stereocenters. The predicted molar refractivity (Wildman–Crippen MR) is 32.7 cm³/mol. The Hall–Kier alpha value is 1.02. The summed E-state index contributed by atoms with van der Waals surface area (Å²) in [6.45, 7) is 0. The summed E-state index contributed by atoms with van der Waals surface area (Å²) in [5.74, 6) is 4.73. The van der Waals surface area contributed by atoms with Gasteiger partial charge < -0.3 is 0 Å².